The van der Waals surface area contributed by atoms with Crippen molar-refractivity contribution in [1.29, 1.82) is 0 Å². The smallest absolute Gasteiger partial charge is 0.412 e. The topological polar surface area (TPSA) is 85.2 Å². The number of aromatic nitrogens is 2. The third-order valence-corrected chi connectivity index (χ3v) is 4.25. The van der Waals surface area contributed by atoms with E-state index in [0.717, 1.165) is 10.2 Å². The maximum Gasteiger partial charge on any atom is 0.412 e. The maximum atomic E-state index is 12.5. The van der Waals surface area contributed by atoms with Gasteiger partial charge in [-0.2, -0.15) is 5.10 Å². The number of halogens is 1. The normalized spacial score (nSPS) is 11.0. The summed E-state index contributed by atoms with van der Waals surface area (Å²) in [6.45, 7) is 5.39. The number of hydrogen-bond acceptors (Lipinski definition) is 4. The molecule has 3 aromatic rings. The van der Waals surface area contributed by atoms with Crippen molar-refractivity contribution in [2.24, 2.45) is 0 Å². The Bertz CT molecular complexity index is 1010. The molecule has 0 radical (unpaired) electrons. The molecule has 0 bridgehead atoms. The number of anilines is 2. The molecule has 0 spiro atoms. The first-order valence-electron chi connectivity index (χ1n) is 8.92. The Morgan fingerprint density at radius 1 is 0.966 bits per heavy atom. The van der Waals surface area contributed by atoms with Gasteiger partial charge in [-0.05, 0) is 69.3 Å². The van der Waals surface area contributed by atoms with Crippen LogP contribution in [-0.4, -0.2) is 27.4 Å². The van der Waals surface area contributed by atoms with E-state index in [1.54, 1.807) is 55.9 Å². The molecule has 2 aromatic carbocycles. The summed E-state index contributed by atoms with van der Waals surface area (Å²) in [4.78, 5) is 24.3. The van der Waals surface area contributed by atoms with Gasteiger partial charge in [0.2, 0.25) is 0 Å². The third kappa shape index (κ3) is 5.92. The van der Waals surface area contributed by atoms with E-state index in [2.05, 4.69) is 31.7 Å². The molecule has 29 heavy (non-hydrogen) atoms. The van der Waals surface area contributed by atoms with Crippen molar-refractivity contribution in [1.82, 2.24) is 9.78 Å². The number of nitrogens with one attached hydrogen (secondary N) is 2. The van der Waals surface area contributed by atoms with E-state index in [4.69, 9.17) is 4.74 Å². The summed E-state index contributed by atoms with van der Waals surface area (Å²) in [6, 6.07) is 14.4. The summed E-state index contributed by atoms with van der Waals surface area (Å²) in [5.74, 6) is -0.277. The molecule has 3 rings (SSSR count). The number of ether oxygens (including phenoxy) is 1. The fourth-order valence-corrected chi connectivity index (χ4v) is 2.70. The van der Waals surface area contributed by atoms with E-state index in [-0.39, 0.29) is 5.91 Å². The molecule has 0 saturated heterocycles. The predicted octanol–water partition coefficient (Wildman–Crippen LogP) is 5.23. The molecule has 150 valence electrons. The minimum absolute atomic E-state index is 0.277. The van der Waals surface area contributed by atoms with Crippen LogP contribution in [0.2, 0.25) is 0 Å². The third-order valence-electron chi connectivity index (χ3n) is 3.72. The standard InChI is InChI=1S/C21H21BrN4O3/c1-21(2,3)29-20(28)25-17-8-6-16(7-9-17)24-19(27)14-12-23-26(13-14)18-10-4-15(22)5-11-18/h4-13H,1-3H3,(H,24,27)(H,25,28). The van der Waals surface area contributed by atoms with E-state index in [9.17, 15) is 9.59 Å². The molecule has 0 aliphatic rings. The van der Waals surface area contributed by atoms with Crippen LogP contribution >= 0.6 is 15.9 Å². The molecule has 2 N–H and O–H groups in total. The minimum atomic E-state index is -0.571. The molecule has 0 unspecified atom stereocenters. The number of amides is 2. The van der Waals surface area contributed by atoms with E-state index in [0.29, 0.717) is 16.9 Å². The number of hydrogen-bond donors (Lipinski definition) is 2. The van der Waals surface area contributed by atoms with Crippen LogP contribution in [0.5, 0.6) is 0 Å². The van der Waals surface area contributed by atoms with Gasteiger partial charge >= 0.3 is 6.09 Å². The highest BCUT2D eigenvalue weighted by atomic mass is 79.9. The number of benzene rings is 2. The van der Waals surface area contributed by atoms with Crippen LogP contribution in [0.1, 0.15) is 31.1 Å². The van der Waals surface area contributed by atoms with Crippen molar-refractivity contribution < 1.29 is 14.3 Å². The Morgan fingerprint density at radius 3 is 2.14 bits per heavy atom. The van der Waals surface area contributed by atoms with Crippen LogP contribution in [0.3, 0.4) is 0 Å². The van der Waals surface area contributed by atoms with Gasteiger partial charge in [-0.25, -0.2) is 9.48 Å². The van der Waals surface area contributed by atoms with Crippen LogP contribution in [0.25, 0.3) is 5.69 Å². The lowest BCUT2D eigenvalue weighted by atomic mass is 10.2. The average Bonchev–Trinajstić information content (AvgIpc) is 3.12. The second kappa shape index (κ2) is 8.48. The Kier molecular flexibility index (Phi) is 6.03. The van der Waals surface area contributed by atoms with Crippen molar-refractivity contribution in [2.75, 3.05) is 10.6 Å². The maximum absolute atomic E-state index is 12.5. The zero-order chi connectivity index (χ0) is 21.0. The van der Waals surface area contributed by atoms with E-state index >= 15 is 0 Å². The number of carbonyl (C=O) groups excluding carboxylic acids is 2. The number of nitrogens with zero attached hydrogens (tertiary/aromatic N) is 2. The molecule has 2 amide bonds. The fraction of sp³-hybridized carbons (Fsp3) is 0.190. The molecule has 0 aliphatic carbocycles. The molecular formula is C21H21BrN4O3. The highest BCUT2D eigenvalue weighted by molar-refractivity contribution is 9.10. The Hall–Kier alpha value is -3.13. The summed E-state index contributed by atoms with van der Waals surface area (Å²) in [5, 5.41) is 9.69. The van der Waals surface area contributed by atoms with Gasteiger partial charge in [0.05, 0.1) is 17.4 Å². The highest BCUT2D eigenvalue weighted by Gasteiger charge is 2.16. The van der Waals surface area contributed by atoms with Gasteiger partial charge in [-0.15, -0.1) is 0 Å². The SMILES string of the molecule is CC(C)(C)OC(=O)Nc1ccc(NC(=O)c2cnn(-c3ccc(Br)cc3)c2)cc1. The zero-order valence-corrected chi connectivity index (χ0v) is 17.9. The summed E-state index contributed by atoms with van der Waals surface area (Å²) < 4.78 is 7.81. The van der Waals surface area contributed by atoms with Crippen LogP contribution in [0.15, 0.2) is 65.4 Å². The van der Waals surface area contributed by atoms with E-state index in [1.165, 1.54) is 6.20 Å². The largest absolute Gasteiger partial charge is 0.444 e. The van der Waals surface area contributed by atoms with Gasteiger partial charge in [-0.3, -0.25) is 10.1 Å². The number of carbonyl (C=O) groups is 2. The molecule has 0 fully saturated rings. The van der Waals surface area contributed by atoms with Crippen LogP contribution in [0.4, 0.5) is 16.2 Å². The van der Waals surface area contributed by atoms with Crippen LogP contribution in [0, 0.1) is 0 Å². The number of rotatable bonds is 4. The average molecular weight is 457 g/mol. The zero-order valence-electron chi connectivity index (χ0n) is 16.3. The molecule has 7 nitrogen and oxygen atoms in total. The molecule has 8 heteroatoms. The van der Waals surface area contributed by atoms with Crippen molar-refractivity contribution in [3.05, 3.63) is 71.0 Å². The second-order valence-corrected chi connectivity index (χ2v) is 8.22. The van der Waals surface area contributed by atoms with E-state index < -0.39 is 11.7 Å². The summed E-state index contributed by atoms with van der Waals surface area (Å²) >= 11 is 3.39. The van der Waals surface area contributed by atoms with E-state index in [1.807, 2.05) is 24.3 Å². The lowest BCUT2D eigenvalue weighted by Crippen LogP contribution is -2.27. The summed E-state index contributed by atoms with van der Waals surface area (Å²) in [5.41, 5.74) is 1.88. The first-order chi connectivity index (χ1) is 13.7. The van der Waals surface area contributed by atoms with Gasteiger partial charge in [-0.1, -0.05) is 15.9 Å². The quantitative estimate of drug-likeness (QED) is 0.562. The first-order valence-corrected chi connectivity index (χ1v) is 9.71. The van der Waals surface area contributed by atoms with Crippen molar-refractivity contribution in [2.45, 2.75) is 26.4 Å². The van der Waals surface area contributed by atoms with Crippen molar-refractivity contribution >= 4 is 39.3 Å². The van der Waals surface area contributed by atoms with Crippen molar-refractivity contribution in [3.8, 4) is 5.69 Å². The van der Waals surface area contributed by atoms with Crippen LogP contribution < -0.4 is 10.6 Å². The summed E-state index contributed by atoms with van der Waals surface area (Å²) in [6.07, 6.45) is 2.64. The minimum Gasteiger partial charge on any atom is -0.444 e. The fourth-order valence-electron chi connectivity index (χ4n) is 2.44. The van der Waals surface area contributed by atoms with Gasteiger partial charge in [0, 0.05) is 22.0 Å². The lowest BCUT2D eigenvalue weighted by molar-refractivity contribution is 0.0635. The monoisotopic (exact) mass is 456 g/mol. The highest BCUT2D eigenvalue weighted by Crippen LogP contribution is 2.17. The molecular weight excluding hydrogens is 436 g/mol. The predicted molar refractivity (Wildman–Crippen MR) is 116 cm³/mol. The second-order valence-electron chi connectivity index (χ2n) is 7.31. The van der Waals surface area contributed by atoms with Crippen LogP contribution in [-0.2, 0) is 4.74 Å². The Balaban J connectivity index is 1.61. The molecule has 0 saturated carbocycles. The molecule has 0 aliphatic heterocycles. The van der Waals surface area contributed by atoms with Gasteiger partial charge < -0.3 is 10.1 Å². The molecule has 0 atom stereocenters. The van der Waals surface area contributed by atoms with Crippen molar-refractivity contribution in [3.63, 3.8) is 0 Å². The molecule has 1 heterocycles. The van der Waals surface area contributed by atoms with Gasteiger partial charge in [0.25, 0.3) is 5.91 Å². The Labute approximate surface area is 177 Å². The first kappa shape index (κ1) is 20.6. The molecule has 1 aromatic heterocycles. The van der Waals surface area contributed by atoms with Gasteiger partial charge in [0.15, 0.2) is 0 Å². The Morgan fingerprint density at radius 2 is 1.55 bits per heavy atom. The summed E-state index contributed by atoms with van der Waals surface area (Å²) in [7, 11) is 0. The lowest BCUT2D eigenvalue weighted by Gasteiger charge is -2.19. The van der Waals surface area contributed by atoms with Gasteiger partial charge in [0.1, 0.15) is 5.60 Å².